The van der Waals surface area contributed by atoms with E-state index in [-0.39, 0.29) is 5.57 Å². The number of carbonyl (C=O) groups is 2. The van der Waals surface area contributed by atoms with Gasteiger partial charge in [0, 0.05) is 5.57 Å². The molecule has 0 aliphatic heterocycles. The number of hydrogen-bond acceptors (Lipinski definition) is 5. The molecule has 0 aliphatic carbocycles. The van der Waals surface area contributed by atoms with Crippen LogP contribution in [0.3, 0.4) is 0 Å². The number of hydrogen-bond donors (Lipinski definition) is 2. The quantitative estimate of drug-likeness (QED) is 0.569. The Morgan fingerprint density at radius 1 is 1.47 bits per heavy atom. The monoisotopic (exact) mass is 305 g/mol. The molecule has 0 aromatic rings. The lowest BCUT2D eigenvalue weighted by molar-refractivity contribution is -0.117. The number of imide groups is 1. The van der Waals surface area contributed by atoms with Gasteiger partial charge in [-0.3, -0.25) is 14.7 Å². The second kappa shape index (κ2) is 6.02. The molecule has 0 aromatic carbocycles. The fourth-order valence-electron chi connectivity index (χ4n) is 0.643. The molecule has 0 fully saturated rings. The smallest absolute Gasteiger partial charge is 0.414 e. The standard InChI is InChI=1S/C8H10F3NO6S/c1-4(2)6(13)12-7(14)18-3-5(9)8(10,11)19(15,16)17/h5H,1,3H2,2H3,(H,12,13,14)(H,15,16,17). The van der Waals surface area contributed by atoms with Crippen LogP contribution in [0.4, 0.5) is 18.0 Å². The number of nitrogens with one attached hydrogen (secondary N) is 1. The molecular weight excluding hydrogens is 295 g/mol. The van der Waals surface area contributed by atoms with Gasteiger partial charge in [-0.15, -0.1) is 0 Å². The topological polar surface area (TPSA) is 110 Å². The molecule has 0 saturated heterocycles. The third-order valence-corrected chi connectivity index (χ3v) is 2.62. The molecule has 2 amide bonds. The zero-order valence-corrected chi connectivity index (χ0v) is 10.3. The normalized spacial score (nSPS) is 13.5. The van der Waals surface area contributed by atoms with Crippen molar-refractivity contribution >= 4 is 22.1 Å². The Labute approximate surface area is 106 Å². The van der Waals surface area contributed by atoms with Crippen LogP contribution >= 0.6 is 0 Å². The first kappa shape index (κ1) is 17.4. The van der Waals surface area contributed by atoms with Crippen molar-refractivity contribution in [2.45, 2.75) is 18.3 Å². The maximum absolute atomic E-state index is 12.8. The summed E-state index contributed by atoms with van der Waals surface area (Å²) in [5.74, 6) is -0.984. The molecule has 1 unspecified atom stereocenters. The second-order valence-electron chi connectivity index (χ2n) is 3.34. The van der Waals surface area contributed by atoms with Crippen molar-refractivity contribution in [2.75, 3.05) is 6.61 Å². The lowest BCUT2D eigenvalue weighted by Gasteiger charge is -2.17. The minimum Gasteiger partial charge on any atom is -0.446 e. The second-order valence-corrected chi connectivity index (χ2v) is 4.83. The minimum absolute atomic E-state index is 0.1000. The van der Waals surface area contributed by atoms with Gasteiger partial charge < -0.3 is 4.74 Å². The third kappa shape index (κ3) is 4.87. The van der Waals surface area contributed by atoms with Gasteiger partial charge >= 0.3 is 21.5 Å². The number of alkyl carbamates (subject to hydrolysis) is 1. The molecule has 11 heteroatoms. The van der Waals surface area contributed by atoms with Crippen LogP contribution < -0.4 is 5.32 Å². The molecule has 2 N–H and O–H groups in total. The molecule has 110 valence electrons. The summed E-state index contributed by atoms with van der Waals surface area (Å²) in [7, 11) is -5.99. The number of amides is 2. The zero-order chi connectivity index (χ0) is 15.4. The molecule has 19 heavy (non-hydrogen) atoms. The Hall–Kier alpha value is -1.62. The summed E-state index contributed by atoms with van der Waals surface area (Å²) in [6.07, 6.45) is -5.06. The van der Waals surface area contributed by atoms with Gasteiger partial charge in [-0.05, 0) is 6.92 Å². The lowest BCUT2D eigenvalue weighted by Crippen LogP contribution is -2.42. The Bertz CT molecular complexity index is 489. The van der Waals surface area contributed by atoms with Crippen LogP contribution in [0.2, 0.25) is 0 Å². The van der Waals surface area contributed by atoms with Crippen molar-refractivity contribution < 1.29 is 40.5 Å². The number of halogens is 3. The van der Waals surface area contributed by atoms with Crippen molar-refractivity contribution in [3.05, 3.63) is 12.2 Å². The van der Waals surface area contributed by atoms with Crippen LogP contribution in [0.15, 0.2) is 12.2 Å². The highest BCUT2D eigenvalue weighted by Gasteiger charge is 2.53. The van der Waals surface area contributed by atoms with Crippen LogP contribution in [0.1, 0.15) is 6.92 Å². The molecule has 0 bridgehead atoms. The van der Waals surface area contributed by atoms with E-state index < -0.39 is 40.2 Å². The molecule has 0 heterocycles. The summed E-state index contributed by atoms with van der Waals surface area (Å²) < 4.78 is 70.4. The summed E-state index contributed by atoms with van der Waals surface area (Å²) in [4.78, 5) is 21.7. The summed E-state index contributed by atoms with van der Waals surface area (Å²) in [6, 6.07) is 0. The van der Waals surface area contributed by atoms with E-state index in [2.05, 4.69) is 11.3 Å². The van der Waals surface area contributed by atoms with E-state index in [4.69, 9.17) is 4.55 Å². The molecule has 0 rings (SSSR count). The highest BCUT2D eigenvalue weighted by atomic mass is 32.2. The van der Waals surface area contributed by atoms with Gasteiger partial charge in [0.15, 0.2) is 0 Å². The van der Waals surface area contributed by atoms with Gasteiger partial charge in [0.05, 0.1) is 0 Å². The van der Waals surface area contributed by atoms with Crippen LogP contribution in [0, 0.1) is 0 Å². The summed E-state index contributed by atoms with van der Waals surface area (Å²) in [6.45, 7) is 2.70. The largest absolute Gasteiger partial charge is 0.446 e. The average Bonchev–Trinajstić information content (AvgIpc) is 2.23. The van der Waals surface area contributed by atoms with E-state index in [9.17, 15) is 31.2 Å². The van der Waals surface area contributed by atoms with Gasteiger partial charge in [0.25, 0.3) is 5.91 Å². The van der Waals surface area contributed by atoms with E-state index in [1.165, 1.54) is 12.2 Å². The first-order valence-electron chi connectivity index (χ1n) is 4.52. The highest BCUT2D eigenvalue weighted by molar-refractivity contribution is 7.86. The minimum atomic E-state index is -5.99. The van der Waals surface area contributed by atoms with Crippen LogP contribution in [0.5, 0.6) is 0 Å². The number of carbonyl (C=O) groups excluding carboxylic acids is 2. The Balaban J connectivity index is 4.47. The summed E-state index contributed by atoms with van der Waals surface area (Å²) in [5, 5.41) is -3.63. The number of rotatable bonds is 5. The fraction of sp³-hybridized carbons (Fsp3) is 0.500. The predicted molar refractivity (Wildman–Crippen MR) is 55.7 cm³/mol. The Morgan fingerprint density at radius 2 is 1.95 bits per heavy atom. The van der Waals surface area contributed by atoms with E-state index in [0.717, 1.165) is 0 Å². The Kier molecular flexibility index (Phi) is 5.50. The Morgan fingerprint density at radius 3 is 2.32 bits per heavy atom. The first-order valence-corrected chi connectivity index (χ1v) is 5.96. The van der Waals surface area contributed by atoms with E-state index in [0.29, 0.717) is 0 Å². The van der Waals surface area contributed by atoms with Crippen molar-refractivity contribution in [1.82, 2.24) is 5.32 Å². The van der Waals surface area contributed by atoms with Crippen LogP contribution in [-0.4, -0.2) is 43.0 Å². The molecule has 0 aromatic heterocycles. The van der Waals surface area contributed by atoms with Crippen LogP contribution in [-0.2, 0) is 19.6 Å². The van der Waals surface area contributed by atoms with Crippen LogP contribution in [0.25, 0.3) is 0 Å². The van der Waals surface area contributed by atoms with Crippen molar-refractivity contribution in [3.8, 4) is 0 Å². The van der Waals surface area contributed by atoms with Gasteiger partial charge in [0.1, 0.15) is 6.61 Å². The molecule has 0 spiro atoms. The lowest BCUT2D eigenvalue weighted by atomic mass is 10.3. The average molecular weight is 305 g/mol. The maximum atomic E-state index is 12.8. The molecule has 7 nitrogen and oxygen atoms in total. The van der Waals surface area contributed by atoms with Crippen molar-refractivity contribution in [1.29, 1.82) is 0 Å². The van der Waals surface area contributed by atoms with E-state index in [1.807, 2.05) is 0 Å². The maximum Gasteiger partial charge on any atom is 0.414 e. The summed E-state index contributed by atoms with van der Waals surface area (Å²) in [5.41, 5.74) is -0.1000. The molecular formula is C8H10F3NO6S. The summed E-state index contributed by atoms with van der Waals surface area (Å²) >= 11 is 0. The third-order valence-electron chi connectivity index (χ3n) is 1.67. The molecule has 0 saturated carbocycles. The molecule has 0 aliphatic rings. The zero-order valence-electron chi connectivity index (χ0n) is 9.52. The van der Waals surface area contributed by atoms with Gasteiger partial charge in [-0.25, -0.2) is 9.18 Å². The predicted octanol–water partition coefficient (Wildman–Crippen LogP) is 0.634. The highest BCUT2D eigenvalue weighted by Crippen LogP contribution is 2.27. The van der Waals surface area contributed by atoms with Crippen molar-refractivity contribution in [2.24, 2.45) is 0 Å². The fourth-order valence-corrected chi connectivity index (χ4v) is 1.03. The van der Waals surface area contributed by atoms with Gasteiger partial charge in [-0.2, -0.15) is 17.2 Å². The SMILES string of the molecule is C=C(C)C(=O)NC(=O)OCC(F)C(F)(F)S(=O)(=O)O. The first-order chi connectivity index (χ1) is 8.39. The van der Waals surface area contributed by atoms with Gasteiger partial charge in [0.2, 0.25) is 6.17 Å². The molecule has 0 radical (unpaired) electrons. The molecule has 1 atom stereocenters. The van der Waals surface area contributed by atoms with E-state index >= 15 is 0 Å². The van der Waals surface area contributed by atoms with Gasteiger partial charge in [-0.1, -0.05) is 6.58 Å². The van der Waals surface area contributed by atoms with Crippen molar-refractivity contribution in [3.63, 3.8) is 0 Å². The number of alkyl halides is 3. The van der Waals surface area contributed by atoms with E-state index in [1.54, 1.807) is 0 Å². The number of ether oxygens (including phenoxy) is 1.